The fraction of sp³-hybridized carbons (Fsp3) is 0.588. The lowest BCUT2D eigenvalue weighted by Crippen LogP contribution is -2.21. The van der Waals surface area contributed by atoms with Crippen LogP contribution in [0.2, 0.25) is 0 Å². The molecule has 0 aliphatic heterocycles. The zero-order chi connectivity index (χ0) is 33.0. The Kier molecular flexibility index (Phi) is 11.2. The van der Waals surface area contributed by atoms with Crippen molar-refractivity contribution in [1.82, 2.24) is 19.1 Å². The van der Waals surface area contributed by atoms with Crippen LogP contribution in [0.25, 0.3) is 22.1 Å². The van der Waals surface area contributed by atoms with Gasteiger partial charge in [0.2, 0.25) is 0 Å². The third kappa shape index (κ3) is 7.24. The predicted molar refractivity (Wildman–Crippen MR) is 175 cm³/mol. The second kappa shape index (κ2) is 14.1. The van der Waals surface area contributed by atoms with Crippen molar-refractivity contribution in [3.63, 3.8) is 0 Å². The molecule has 2 aromatic carbocycles. The third-order valence-electron chi connectivity index (χ3n) is 7.29. The van der Waals surface area contributed by atoms with Crippen LogP contribution in [-0.4, -0.2) is 55.7 Å². The molecule has 2 atom stereocenters. The van der Waals surface area contributed by atoms with Crippen LogP contribution in [-0.2, 0) is 14.1 Å². The number of aromatic nitrogens is 4. The molecule has 4 rings (SSSR count). The summed E-state index contributed by atoms with van der Waals surface area (Å²) in [6.07, 6.45) is -1.34. The first kappa shape index (κ1) is 35.0. The lowest BCUT2D eigenvalue weighted by molar-refractivity contribution is 0.0529. The van der Waals surface area contributed by atoms with Crippen molar-refractivity contribution in [2.75, 3.05) is 26.4 Å². The highest BCUT2D eigenvalue weighted by Crippen LogP contribution is 2.40. The van der Waals surface area contributed by atoms with Crippen molar-refractivity contribution in [2.45, 2.75) is 81.4 Å². The number of aliphatic hydroxyl groups excluding tert-OH is 2. The third-order valence-corrected chi connectivity index (χ3v) is 7.29. The largest absolute Gasteiger partial charge is 0.492 e. The highest BCUT2D eigenvalue weighted by molar-refractivity contribution is 5.89. The quantitative estimate of drug-likeness (QED) is 0.199. The number of rotatable bonds is 10. The van der Waals surface area contributed by atoms with Gasteiger partial charge in [-0.1, -0.05) is 41.5 Å². The van der Waals surface area contributed by atoms with Crippen molar-refractivity contribution >= 4 is 22.1 Å². The van der Waals surface area contributed by atoms with Crippen LogP contribution in [0.3, 0.4) is 0 Å². The monoisotopic (exact) mass is 612 g/mol. The molecule has 0 saturated carbocycles. The molecule has 2 heterocycles. The van der Waals surface area contributed by atoms with Gasteiger partial charge in [0.1, 0.15) is 68.9 Å². The summed E-state index contributed by atoms with van der Waals surface area (Å²) in [5, 5.41) is 21.2. The first-order valence-electron chi connectivity index (χ1n) is 15.5. The Bertz CT molecular complexity index is 1430. The number of nitrogens with zero attached hydrogens (tertiary/aromatic N) is 4. The molecule has 2 aromatic heterocycles. The molecule has 0 fully saturated rings. The molecule has 0 saturated heterocycles. The van der Waals surface area contributed by atoms with E-state index in [0.717, 1.165) is 33.6 Å². The zero-order valence-electron chi connectivity index (χ0n) is 28.6. The molecule has 0 bridgehead atoms. The van der Waals surface area contributed by atoms with Gasteiger partial charge in [0.25, 0.3) is 0 Å². The number of ether oxygens (including phenoxy) is 4. The lowest BCUT2D eigenvalue weighted by Gasteiger charge is -2.25. The average Bonchev–Trinajstić information content (AvgIpc) is 3.48. The van der Waals surface area contributed by atoms with Gasteiger partial charge >= 0.3 is 0 Å². The topological polar surface area (TPSA) is 113 Å². The Morgan fingerprint density at radius 2 is 0.841 bits per heavy atom. The second-order valence-electron chi connectivity index (χ2n) is 12.8. The number of hydrogen-bond donors (Lipinski definition) is 2. The molecular weight excluding hydrogens is 560 g/mol. The summed E-state index contributed by atoms with van der Waals surface area (Å²) in [5.41, 5.74) is 2.57. The molecule has 10 nitrogen and oxygen atoms in total. The van der Waals surface area contributed by atoms with Crippen LogP contribution >= 0.6 is 0 Å². The van der Waals surface area contributed by atoms with Gasteiger partial charge in [-0.15, -0.1) is 0 Å². The van der Waals surface area contributed by atoms with Crippen molar-refractivity contribution in [3.05, 3.63) is 35.9 Å². The molecule has 0 aliphatic carbocycles. The summed E-state index contributed by atoms with van der Waals surface area (Å²) in [7, 11) is 3.80. The van der Waals surface area contributed by atoms with E-state index in [2.05, 4.69) is 9.97 Å². The Morgan fingerprint density at radius 1 is 0.568 bits per heavy atom. The van der Waals surface area contributed by atoms with Gasteiger partial charge in [-0.05, 0) is 62.8 Å². The van der Waals surface area contributed by atoms with E-state index in [9.17, 15) is 10.2 Å². The normalized spacial score (nSPS) is 13.4. The van der Waals surface area contributed by atoms with Crippen molar-refractivity contribution in [1.29, 1.82) is 0 Å². The lowest BCUT2D eigenvalue weighted by atomic mass is 9.88. The number of aliphatic hydroxyl groups is 2. The van der Waals surface area contributed by atoms with Crippen LogP contribution in [0.4, 0.5) is 0 Å². The van der Waals surface area contributed by atoms with Gasteiger partial charge in [0.15, 0.2) is 0 Å². The minimum absolute atomic E-state index is 0.299. The molecule has 4 aromatic rings. The fourth-order valence-electron chi connectivity index (χ4n) is 4.91. The van der Waals surface area contributed by atoms with E-state index in [0.29, 0.717) is 49.6 Å². The van der Waals surface area contributed by atoms with Gasteiger partial charge in [0, 0.05) is 14.1 Å². The summed E-state index contributed by atoms with van der Waals surface area (Å²) < 4.78 is 26.6. The maximum atomic E-state index is 10.6. The Labute approximate surface area is 261 Å². The summed E-state index contributed by atoms with van der Waals surface area (Å²) in [4.78, 5) is 9.30. The number of aryl methyl sites for hydroxylation is 2. The van der Waals surface area contributed by atoms with Gasteiger partial charge < -0.3 is 38.3 Å². The van der Waals surface area contributed by atoms with Crippen molar-refractivity contribution < 1.29 is 29.2 Å². The summed E-state index contributed by atoms with van der Waals surface area (Å²) >= 11 is 0. The van der Waals surface area contributed by atoms with Crippen LogP contribution in [0.1, 0.15) is 93.1 Å². The van der Waals surface area contributed by atoms with E-state index >= 15 is 0 Å². The molecule has 244 valence electrons. The summed E-state index contributed by atoms with van der Waals surface area (Å²) in [6, 6.07) is 7.53. The summed E-state index contributed by atoms with van der Waals surface area (Å²) in [6.45, 7) is 22.0. The first-order valence-corrected chi connectivity index (χ1v) is 15.5. The Morgan fingerprint density at radius 3 is 1.11 bits per heavy atom. The van der Waals surface area contributed by atoms with Crippen molar-refractivity contribution in [3.8, 4) is 23.0 Å². The highest BCUT2D eigenvalue weighted by atomic mass is 16.5. The van der Waals surface area contributed by atoms with Gasteiger partial charge in [-0.2, -0.15) is 0 Å². The molecule has 2 N–H and O–H groups in total. The molecule has 44 heavy (non-hydrogen) atoms. The minimum atomic E-state index is -0.672. The molecule has 0 amide bonds. The summed E-state index contributed by atoms with van der Waals surface area (Å²) in [5.74, 6) is 4.17. The maximum Gasteiger partial charge on any atom is 0.147 e. The molecule has 0 spiro atoms. The van der Waals surface area contributed by atoms with E-state index in [1.54, 1.807) is 0 Å². The van der Waals surface area contributed by atoms with Crippen molar-refractivity contribution in [2.24, 2.45) is 24.9 Å². The van der Waals surface area contributed by atoms with Gasteiger partial charge in [-0.3, -0.25) is 0 Å². The van der Waals surface area contributed by atoms with Crippen LogP contribution in [0, 0.1) is 10.8 Å². The van der Waals surface area contributed by atoms with Crippen LogP contribution in [0.5, 0.6) is 23.0 Å². The average molecular weight is 613 g/mol. The van der Waals surface area contributed by atoms with E-state index in [4.69, 9.17) is 18.9 Å². The maximum absolute atomic E-state index is 10.6. The zero-order valence-corrected chi connectivity index (χ0v) is 28.6. The smallest absolute Gasteiger partial charge is 0.147 e. The van der Waals surface area contributed by atoms with Gasteiger partial charge in [-0.25, -0.2) is 9.97 Å². The van der Waals surface area contributed by atoms with Gasteiger partial charge in [0.05, 0.1) is 26.4 Å². The molecule has 0 aliphatic rings. The Hall–Kier alpha value is -3.50. The standard InChI is InChI=1S/2C17H26N2O3/c2*1-7-21-11-9-10-12(22-8-2)14-13(11)18-16(19(14)6)15(20)17(3,4)5/h2*9-10,15,20H,7-8H2,1-6H3/t2*15-/m10/s1. The fourth-order valence-corrected chi connectivity index (χ4v) is 4.91. The SMILES string of the molecule is CCOc1ccc(OCC)c2c1nc([C@@H](O)C(C)(C)C)n2C.CCOc1ccc(OCC)c2c1nc([C@H](O)C(C)(C)C)n2C. The number of benzene rings is 2. The first-order chi connectivity index (χ1) is 20.6. The molecular formula is C34H52N4O6. The number of hydrogen-bond acceptors (Lipinski definition) is 8. The number of imidazole rings is 2. The Balaban J connectivity index is 0.000000240. The molecule has 10 heteroatoms. The predicted octanol–water partition coefficient (Wildman–Crippen LogP) is 6.90. The minimum Gasteiger partial charge on any atom is -0.492 e. The van der Waals surface area contributed by atoms with E-state index < -0.39 is 12.2 Å². The van der Waals surface area contributed by atoms with Crippen LogP contribution < -0.4 is 18.9 Å². The molecule has 0 unspecified atom stereocenters. The molecule has 0 radical (unpaired) electrons. The number of fused-ring (bicyclic) bond motifs is 2. The van der Waals surface area contributed by atoms with Crippen LogP contribution in [0.15, 0.2) is 24.3 Å². The van der Waals surface area contributed by atoms with E-state index in [1.807, 2.05) is 117 Å². The second-order valence-corrected chi connectivity index (χ2v) is 12.8. The van der Waals surface area contributed by atoms with E-state index in [1.165, 1.54) is 0 Å². The van der Waals surface area contributed by atoms with E-state index in [-0.39, 0.29) is 10.8 Å². The highest BCUT2D eigenvalue weighted by Gasteiger charge is 2.31.